The van der Waals surface area contributed by atoms with Gasteiger partial charge in [-0.3, -0.25) is 4.79 Å². The van der Waals surface area contributed by atoms with Crippen LogP contribution in [0.3, 0.4) is 0 Å². The summed E-state index contributed by atoms with van der Waals surface area (Å²) in [5.41, 5.74) is 0.148. The molecule has 0 heterocycles. The van der Waals surface area contributed by atoms with Gasteiger partial charge < -0.3 is 14.9 Å². The Morgan fingerprint density at radius 2 is 1.72 bits per heavy atom. The summed E-state index contributed by atoms with van der Waals surface area (Å²) in [5.74, 6) is -2.05. The molecule has 0 spiro atoms. The molecule has 0 aromatic heterocycles. The van der Waals surface area contributed by atoms with Crippen molar-refractivity contribution in [2.24, 2.45) is 0 Å². The van der Waals surface area contributed by atoms with Gasteiger partial charge in [-0.25, -0.2) is 13.2 Å². The van der Waals surface area contributed by atoms with Crippen LogP contribution in [0.2, 0.25) is 0 Å². The lowest BCUT2D eigenvalue weighted by Gasteiger charge is -2.09. The number of hydrogen-bond donors (Lipinski definition) is 2. The Morgan fingerprint density at radius 1 is 1.08 bits per heavy atom. The molecule has 0 radical (unpaired) electrons. The zero-order valence-corrected chi connectivity index (χ0v) is 14.1. The van der Waals surface area contributed by atoms with Gasteiger partial charge in [0, 0.05) is 11.6 Å². The summed E-state index contributed by atoms with van der Waals surface area (Å²) in [6.07, 6.45) is 0. The lowest BCUT2D eigenvalue weighted by atomic mass is 10.2. The molecule has 0 bridgehead atoms. The SMILES string of the molecule is CC(=O)c1ccc(S(=O)(=O)CCOc2ccc(C(=O)O)c(O)c2)cc1. The predicted molar refractivity (Wildman–Crippen MR) is 89.1 cm³/mol. The molecule has 0 aliphatic carbocycles. The predicted octanol–water partition coefficient (Wildman–Crippen LogP) is 2.15. The van der Waals surface area contributed by atoms with E-state index in [4.69, 9.17) is 9.84 Å². The van der Waals surface area contributed by atoms with E-state index in [0.717, 1.165) is 6.07 Å². The summed E-state index contributed by atoms with van der Waals surface area (Å²) in [6.45, 7) is 1.21. The Hall–Kier alpha value is -2.87. The third kappa shape index (κ3) is 4.57. The summed E-state index contributed by atoms with van der Waals surface area (Å²) in [6, 6.07) is 9.22. The molecule has 0 saturated carbocycles. The highest BCUT2D eigenvalue weighted by Crippen LogP contribution is 2.23. The van der Waals surface area contributed by atoms with Crippen molar-refractivity contribution >= 4 is 21.6 Å². The van der Waals surface area contributed by atoms with E-state index in [1.54, 1.807) is 0 Å². The van der Waals surface area contributed by atoms with Crippen LogP contribution < -0.4 is 4.74 Å². The zero-order chi connectivity index (χ0) is 18.6. The molecule has 2 aromatic carbocycles. The molecule has 0 saturated heterocycles. The van der Waals surface area contributed by atoms with E-state index >= 15 is 0 Å². The zero-order valence-electron chi connectivity index (χ0n) is 13.3. The molecule has 0 atom stereocenters. The van der Waals surface area contributed by atoms with Crippen LogP contribution in [0, 0.1) is 0 Å². The van der Waals surface area contributed by atoms with Crippen LogP contribution in [0.25, 0.3) is 0 Å². The number of aromatic hydroxyl groups is 1. The van der Waals surface area contributed by atoms with Crippen molar-refractivity contribution in [2.45, 2.75) is 11.8 Å². The highest BCUT2D eigenvalue weighted by molar-refractivity contribution is 7.91. The molecule has 132 valence electrons. The Bertz CT molecular complexity index is 899. The fourth-order valence-electron chi connectivity index (χ4n) is 2.07. The molecule has 0 amide bonds. The molecule has 8 heteroatoms. The maximum Gasteiger partial charge on any atom is 0.339 e. The van der Waals surface area contributed by atoms with Crippen molar-refractivity contribution in [3.63, 3.8) is 0 Å². The highest BCUT2D eigenvalue weighted by Gasteiger charge is 2.16. The van der Waals surface area contributed by atoms with E-state index in [1.165, 1.54) is 43.3 Å². The standard InChI is InChI=1S/C17H16O7S/c1-11(18)12-2-5-14(6-3-12)25(22,23)9-8-24-13-4-7-15(17(20)21)16(19)10-13/h2-7,10,19H,8-9H2,1H3,(H,20,21). The number of ether oxygens (including phenoxy) is 1. The van der Waals surface area contributed by atoms with Crippen LogP contribution in [0.15, 0.2) is 47.4 Å². The van der Waals surface area contributed by atoms with Gasteiger partial charge in [-0.1, -0.05) is 12.1 Å². The minimum atomic E-state index is -3.60. The first-order chi connectivity index (χ1) is 11.7. The van der Waals surface area contributed by atoms with Crippen molar-refractivity contribution in [3.8, 4) is 11.5 Å². The first kappa shape index (κ1) is 18.5. The molecule has 25 heavy (non-hydrogen) atoms. The molecular weight excluding hydrogens is 348 g/mol. The average molecular weight is 364 g/mol. The second-order valence-corrected chi connectivity index (χ2v) is 7.34. The Morgan fingerprint density at radius 3 is 2.24 bits per heavy atom. The summed E-state index contributed by atoms with van der Waals surface area (Å²) in [5, 5.41) is 18.4. The van der Waals surface area contributed by atoms with Crippen LogP contribution in [0.5, 0.6) is 11.5 Å². The van der Waals surface area contributed by atoms with Gasteiger partial charge in [0.05, 0.1) is 10.6 Å². The highest BCUT2D eigenvalue weighted by atomic mass is 32.2. The number of carboxylic acid groups (broad SMARTS) is 1. The third-order valence-electron chi connectivity index (χ3n) is 3.44. The maximum absolute atomic E-state index is 12.2. The average Bonchev–Trinajstić information content (AvgIpc) is 2.54. The molecular formula is C17H16O7S. The van der Waals surface area contributed by atoms with Crippen molar-refractivity contribution in [1.29, 1.82) is 0 Å². The van der Waals surface area contributed by atoms with E-state index in [2.05, 4.69) is 0 Å². The first-order valence-electron chi connectivity index (χ1n) is 7.23. The van der Waals surface area contributed by atoms with Crippen LogP contribution in [-0.2, 0) is 9.84 Å². The molecule has 2 N–H and O–H groups in total. The molecule has 0 unspecified atom stereocenters. The molecule has 2 rings (SSSR count). The van der Waals surface area contributed by atoms with Crippen molar-refractivity contribution in [2.75, 3.05) is 12.4 Å². The Labute approximate surface area is 144 Å². The monoisotopic (exact) mass is 364 g/mol. The van der Waals surface area contributed by atoms with Crippen molar-refractivity contribution < 1.29 is 33.0 Å². The molecule has 2 aromatic rings. The first-order valence-corrected chi connectivity index (χ1v) is 8.89. The molecule has 0 aliphatic rings. The second-order valence-electron chi connectivity index (χ2n) is 5.23. The van der Waals surface area contributed by atoms with Crippen LogP contribution in [0.4, 0.5) is 0 Å². The van der Waals surface area contributed by atoms with E-state index in [0.29, 0.717) is 5.56 Å². The van der Waals surface area contributed by atoms with Gasteiger partial charge in [-0.2, -0.15) is 0 Å². The third-order valence-corrected chi connectivity index (χ3v) is 5.13. The van der Waals surface area contributed by atoms with Crippen LogP contribution >= 0.6 is 0 Å². The summed E-state index contributed by atoms with van der Waals surface area (Å²) in [7, 11) is -3.60. The number of rotatable bonds is 7. The van der Waals surface area contributed by atoms with Crippen molar-refractivity contribution in [3.05, 3.63) is 53.6 Å². The van der Waals surface area contributed by atoms with Gasteiger partial charge in [0.25, 0.3) is 0 Å². The number of phenols is 1. The number of aromatic carboxylic acids is 1. The van der Waals surface area contributed by atoms with E-state index in [1.807, 2.05) is 0 Å². The van der Waals surface area contributed by atoms with E-state index in [-0.39, 0.29) is 34.4 Å². The fraction of sp³-hybridized carbons (Fsp3) is 0.176. The smallest absolute Gasteiger partial charge is 0.339 e. The largest absolute Gasteiger partial charge is 0.507 e. The molecule has 0 aliphatic heterocycles. The van der Waals surface area contributed by atoms with E-state index < -0.39 is 21.6 Å². The van der Waals surface area contributed by atoms with Gasteiger partial charge in [0.15, 0.2) is 15.6 Å². The number of benzene rings is 2. The lowest BCUT2D eigenvalue weighted by molar-refractivity contribution is 0.0693. The number of Topliss-reactive ketones (excluding diaryl/α,β-unsaturated/α-hetero) is 1. The maximum atomic E-state index is 12.2. The summed E-state index contributed by atoms with van der Waals surface area (Å²) >= 11 is 0. The van der Waals surface area contributed by atoms with Gasteiger partial charge in [-0.15, -0.1) is 0 Å². The topological polar surface area (TPSA) is 118 Å². The number of carbonyl (C=O) groups is 2. The van der Waals surface area contributed by atoms with Gasteiger partial charge in [0.1, 0.15) is 23.7 Å². The van der Waals surface area contributed by atoms with Gasteiger partial charge >= 0.3 is 5.97 Å². The van der Waals surface area contributed by atoms with Gasteiger partial charge in [-0.05, 0) is 31.2 Å². The Kier molecular flexibility index (Phi) is 5.43. The quantitative estimate of drug-likeness (QED) is 0.723. The summed E-state index contributed by atoms with van der Waals surface area (Å²) < 4.78 is 29.7. The van der Waals surface area contributed by atoms with Crippen LogP contribution in [-0.4, -0.2) is 42.7 Å². The molecule has 7 nitrogen and oxygen atoms in total. The minimum absolute atomic E-state index is 0.0742. The number of carboxylic acids is 1. The lowest BCUT2D eigenvalue weighted by Crippen LogP contribution is -2.14. The number of hydrogen-bond acceptors (Lipinski definition) is 6. The minimum Gasteiger partial charge on any atom is -0.507 e. The van der Waals surface area contributed by atoms with E-state index in [9.17, 15) is 23.1 Å². The number of carbonyl (C=O) groups excluding carboxylic acids is 1. The molecule has 0 fully saturated rings. The number of ketones is 1. The summed E-state index contributed by atoms with van der Waals surface area (Å²) in [4.78, 5) is 22.1. The second kappa shape index (κ2) is 7.35. The van der Waals surface area contributed by atoms with Crippen molar-refractivity contribution in [1.82, 2.24) is 0 Å². The fourth-order valence-corrected chi connectivity index (χ4v) is 3.16. The van der Waals surface area contributed by atoms with Gasteiger partial charge in [0.2, 0.25) is 0 Å². The number of sulfone groups is 1. The Balaban J connectivity index is 2.01. The van der Waals surface area contributed by atoms with Crippen LogP contribution in [0.1, 0.15) is 27.6 Å². The normalized spacial score (nSPS) is 11.1.